The molecule has 0 N–H and O–H groups in total. The molecule has 1 aliphatic heterocycles. The first kappa shape index (κ1) is 24.9. The highest BCUT2D eigenvalue weighted by molar-refractivity contribution is 6.36. The highest BCUT2D eigenvalue weighted by Gasteiger charge is 2.53. The van der Waals surface area contributed by atoms with Crippen molar-refractivity contribution in [1.82, 2.24) is 0 Å². The first-order valence-corrected chi connectivity index (χ1v) is 10.5. The molecule has 0 radical (unpaired) electrons. The topological polar surface area (TPSA) is 71.7 Å². The average molecular weight is 499 g/mol. The molecule has 174 valence electrons. The van der Waals surface area contributed by atoms with E-state index in [2.05, 4.69) is 5.16 Å². The number of rotatable bonds is 3. The summed E-state index contributed by atoms with van der Waals surface area (Å²) in [5.41, 5.74) is -0.259. The van der Waals surface area contributed by atoms with E-state index in [0.717, 1.165) is 0 Å². The summed E-state index contributed by atoms with van der Waals surface area (Å²) in [6, 6.07) is 8.43. The van der Waals surface area contributed by atoms with Crippen LogP contribution in [0.4, 0.5) is 13.2 Å². The van der Waals surface area contributed by atoms with Gasteiger partial charge in [-0.25, -0.2) is 4.79 Å². The van der Waals surface area contributed by atoms with Crippen molar-refractivity contribution in [1.29, 1.82) is 5.26 Å². The molecule has 0 spiro atoms. The number of oxime groups is 1. The van der Waals surface area contributed by atoms with Gasteiger partial charge in [-0.15, -0.1) is 0 Å². The smallest absolute Gasteiger partial charge is 0.401 e. The maximum atomic E-state index is 14.1. The first-order valence-electron chi connectivity index (χ1n) is 9.76. The quantitative estimate of drug-likeness (QED) is 0.437. The number of alkyl halides is 3. The number of ether oxygens (including phenoxy) is 1. The van der Waals surface area contributed by atoms with Crippen LogP contribution < -0.4 is 0 Å². The lowest BCUT2D eigenvalue weighted by Crippen LogP contribution is -2.33. The minimum Gasteiger partial charge on any atom is -0.456 e. The summed E-state index contributed by atoms with van der Waals surface area (Å²) in [6.07, 6.45) is -6.27. The largest absolute Gasteiger partial charge is 0.456 e. The molecule has 2 aromatic rings. The van der Waals surface area contributed by atoms with Gasteiger partial charge in [0.05, 0.1) is 21.2 Å². The van der Waals surface area contributed by atoms with Crippen LogP contribution in [0.3, 0.4) is 0 Å². The summed E-state index contributed by atoms with van der Waals surface area (Å²) < 4.78 is 47.7. The van der Waals surface area contributed by atoms with Gasteiger partial charge in [0.2, 0.25) is 0 Å². The van der Waals surface area contributed by atoms with Gasteiger partial charge in [0.25, 0.3) is 0 Å². The van der Waals surface area contributed by atoms with Gasteiger partial charge in [0, 0.05) is 5.56 Å². The molecule has 0 saturated carbocycles. The van der Waals surface area contributed by atoms with E-state index >= 15 is 0 Å². The lowest BCUT2D eigenvalue weighted by Gasteiger charge is -2.23. The van der Waals surface area contributed by atoms with Crippen LogP contribution >= 0.6 is 23.2 Å². The number of hydrogen-bond acceptors (Lipinski definition) is 5. The van der Waals surface area contributed by atoms with Crippen molar-refractivity contribution >= 4 is 34.9 Å². The van der Waals surface area contributed by atoms with E-state index in [1.165, 1.54) is 30.3 Å². The van der Waals surface area contributed by atoms with Crippen LogP contribution in [-0.4, -0.2) is 23.5 Å². The van der Waals surface area contributed by atoms with Crippen molar-refractivity contribution in [3.63, 3.8) is 0 Å². The summed E-state index contributed by atoms with van der Waals surface area (Å²) in [5.74, 6) is -2.70. The second-order valence-electron chi connectivity index (χ2n) is 8.52. The zero-order valence-corrected chi connectivity index (χ0v) is 19.6. The number of halogens is 5. The van der Waals surface area contributed by atoms with Gasteiger partial charge in [-0.1, -0.05) is 34.4 Å². The van der Waals surface area contributed by atoms with Crippen LogP contribution in [0.15, 0.2) is 35.5 Å². The predicted octanol–water partition coefficient (Wildman–Crippen LogP) is 6.78. The van der Waals surface area contributed by atoms with Crippen molar-refractivity contribution in [2.24, 2.45) is 11.1 Å². The number of esters is 1. The Labute approximate surface area is 198 Å². The van der Waals surface area contributed by atoms with Crippen LogP contribution in [-0.2, 0) is 9.57 Å². The fourth-order valence-corrected chi connectivity index (χ4v) is 4.02. The molecule has 5 nitrogen and oxygen atoms in total. The Morgan fingerprint density at radius 1 is 1.15 bits per heavy atom. The van der Waals surface area contributed by atoms with E-state index < -0.39 is 29.8 Å². The van der Waals surface area contributed by atoms with Crippen LogP contribution in [0.2, 0.25) is 10.0 Å². The Kier molecular flexibility index (Phi) is 6.69. The highest BCUT2D eigenvalue weighted by Crippen LogP contribution is 2.46. The average Bonchev–Trinajstić information content (AvgIpc) is 3.12. The molecule has 0 saturated heterocycles. The van der Waals surface area contributed by atoms with Crippen molar-refractivity contribution in [3.8, 4) is 6.07 Å². The predicted molar refractivity (Wildman–Crippen MR) is 117 cm³/mol. The number of nitrogens with zero attached hydrogens (tertiary/aromatic N) is 2. The molecule has 1 aliphatic rings. The van der Waals surface area contributed by atoms with E-state index in [4.69, 9.17) is 38.0 Å². The highest BCUT2D eigenvalue weighted by atomic mass is 35.5. The first-order chi connectivity index (χ1) is 15.2. The number of carbonyl (C=O) groups is 1. The second-order valence-corrected chi connectivity index (χ2v) is 9.34. The summed E-state index contributed by atoms with van der Waals surface area (Å²) in [7, 11) is 0. The lowest BCUT2D eigenvalue weighted by atomic mass is 9.87. The number of carbonyl (C=O) groups excluding carboxylic acids is 1. The van der Waals surface area contributed by atoms with Crippen molar-refractivity contribution < 1.29 is 27.5 Å². The van der Waals surface area contributed by atoms with Crippen LogP contribution in [0, 0.1) is 24.2 Å². The van der Waals surface area contributed by atoms with E-state index in [-0.39, 0.29) is 38.0 Å². The third-order valence-corrected chi connectivity index (χ3v) is 5.46. The van der Waals surface area contributed by atoms with Crippen molar-refractivity contribution in [3.05, 3.63) is 68.2 Å². The maximum Gasteiger partial charge on any atom is 0.401 e. The SMILES string of the molecule is Cc1cc(C2=NOC(c3cc(Cl)c(C#N)c(Cl)c3)C2C(F)(F)F)ccc1C(=O)OC(C)(C)C. The molecular weight excluding hydrogens is 480 g/mol. The third kappa shape index (κ3) is 5.26. The van der Waals surface area contributed by atoms with Crippen LogP contribution in [0.1, 0.15) is 59.5 Å². The third-order valence-electron chi connectivity index (χ3n) is 4.86. The van der Waals surface area contributed by atoms with Crippen molar-refractivity contribution in [2.75, 3.05) is 0 Å². The summed E-state index contributed by atoms with van der Waals surface area (Å²) >= 11 is 12.0. The molecular formula is C23H19Cl2F3N2O3. The van der Waals surface area contributed by atoms with E-state index in [1.807, 2.05) is 0 Å². The molecule has 2 aromatic carbocycles. The Morgan fingerprint density at radius 3 is 2.24 bits per heavy atom. The molecule has 0 bridgehead atoms. The maximum absolute atomic E-state index is 14.1. The molecule has 2 unspecified atom stereocenters. The molecule has 0 fully saturated rings. The molecule has 2 atom stereocenters. The van der Waals surface area contributed by atoms with Crippen LogP contribution in [0.5, 0.6) is 0 Å². The van der Waals surface area contributed by atoms with Gasteiger partial charge in [0.1, 0.15) is 23.3 Å². The summed E-state index contributed by atoms with van der Waals surface area (Å²) in [4.78, 5) is 17.6. The van der Waals surface area contributed by atoms with Gasteiger partial charge in [-0.05, 0) is 63.1 Å². The minimum absolute atomic E-state index is 0.0344. The van der Waals surface area contributed by atoms with Gasteiger partial charge in [-0.3, -0.25) is 0 Å². The molecule has 0 aliphatic carbocycles. The number of hydrogen-bond donors (Lipinski definition) is 0. The lowest BCUT2D eigenvalue weighted by molar-refractivity contribution is -0.177. The van der Waals surface area contributed by atoms with Gasteiger partial charge < -0.3 is 9.57 Å². The summed E-state index contributed by atoms with van der Waals surface area (Å²) in [6.45, 7) is 6.75. The zero-order chi connectivity index (χ0) is 24.7. The minimum atomic E-state index is -4.72. The zero-order valence-electron chi connectivity index (χ0n) is 18.1. The monoisotopic (exact) mass is 498 g/mol. The summed E-state index contributed by atoms with van der Waals surface area (Å²) in [5, 5.41) is 12.6. The molecule has 1 heterocycles. The Hall–Kier alpha value is -2.76. The molecule has 3 rings (SSSR count). The number of aryl methyl sites for hydroxylation is 1. The van der Waals surface area contributed by atoms with E-state index in [1.54, 1.807) is 33.8 Å². The number of benzene rings is 2. The normalized spacial score (nSPS) is 18.4. The van der Waals surface area contributed by atoms with Gasteiger partial charge in [0.15, 0.2) is 6.10 Å². The Morgan fingerprint density at radius 2 is 1.76 bits per heavy atom. The number of nitriles is 1. The van der Waals surface area contributed by atoms with Gasteiger partial charge >= 0.3 is 12.1 Å². The molecule has 10 heteroatoms. The molecule has 33 heavy (non-hydrogen) atoms. The fourth-order valence-electron chi connectivity index (χ4n) is 3.44. The molecule has 0 amide bonds. The van der Waals surface area contributed by atoms with Crippen LogP contribution in [0.25, 0.3) is 0 Å². The van der Waals surface area contributed by atoms with E-state index in [9.17, 15) is 18.0 Å². The van der Waals surface area contributed by atoms with Crippen molar-refractivity contribution in [2.45, 2.75) is 45.6 Å². The Balaban J connectivity index is 1.99. The van der Waals surface area contributed by atoms with E-state index in [0.29, 0.717) is 5.56 Å². The molecule has 0 aromatic heterocycles. The van der Waals surface area contributed by atoms with Gasteiger partial charge in [-0.2, -0.15) is 18.4 Å². The standard InChI is InChI=1S/C23H19Cl2F3N2O3/c1-11-7-12(5-6-14(11)21(31)32-22(2,3)4)19-18(23(26,27)28)20(33-30-19)13-8-16(24)15(10-29)17(25)9-13/h5-9,18,20H,1-4H3. The fraction of sp³-hybridized carbons (Fsp3) is 0.348. The second kappa shape index (κ2) is 8.88. The Bertz CT molecular complexity index is 1160.